The quantitative estimate of drug-likeness (QED) is 0.908. The number of benzene rings is 1. The number of anilines is 1. The maximum atomic E-state index is 12.2. The molecule has 1 aliphatic rings. The number of carbonyl (C=O) groups is 1. The number of hydrogen-bond donors (Lipinski definition) is 1. The minimum absolute atomic E-state index is 0.0149. The highest BCUT2D eigenvalue weighted by Gasteiger charge is 2.31. The van der Waals surface area contributed by atoms with Crippen LogP contribution in [0.4, 0.5) is 5.69 Å². The van der Waals surface area contributed by atoms with E-state index in [9.17, 15) is 4.79 Å². The first kappa shape index (κ1) is 13.6. The second-order valence-electron chi connectivity index (χ2n) is 4.87. The van der Waals surface area contributed by atoms with E-state index in [0.29, 0.717) is 6.61 Å². The molecule has 1 fully saturated rings. The molecular formula is C14H18BrNO2. The van der Waals surface area contributed by atoms with E-state index in [1.54, 1.807) is 0 Å². The lowest BCUT2D eigenvalue weighted by Crippen LogP contribution is -2.28. The largest absolute Gasteiger partial charge is 0.378 e. The van der Waals surface area contributed by atoms with Crippen molar-refractivity contribution in [2.45, 2.75) is 33.3 Å². The van der Waals surface area contributed by atoms with Gasteiger partial charge in [-0.2, -0.15) is 0 Å². The van der Waals surface area contributed by atoms with Gasteiger partial charge in [0.25, 0.3) is 0 Å². The minimum Gasteiger partial charge on any atom is -0.378 e. The van der Waals surface area contributed by atoms with E-state index in [-0.39, 0.29) is 17.9 Å². The SMILES string of the molecule is Cc1cc(Br)cc(C)c1NC(=O)C1CCOC1C. The second kappa shape index (κ2) is 5.41. The van der Waals surface area contributed by atoms with Gasteiger partial charge in [0.15, 0.2) is 0 Å². The molecule has 2 atom stereocenters. The van der Waals surface area contributed by atoms with Crippen LogP contribution in [0.15, 0.2) is 16.6 Å². The number of carbonyl (C=O) groups excluding carboxylic acids is 1. The zero-order valence-electron chi connectivity index (χ0n) is 10.9. The van der Waals surface area contributed by atoms with Crippen molar-refractivity contribution in [2.75, 3.05) is 11.9 Å². The van der Waals surface area contributed by atoms with Crippen molar-refractivity contribution in [3.63, 3.8) is 0 Å². The highest BCUT2D eigenvalue weighted by Crippen LogP contribution is 2.27. The summed E-state index contributed by atoms with van der Waals surface area (Å²) in [7, 11) is 0. The topological polar surface area (TPSA) is 38.3 Å². The summed E-state index contributed by atoms with van der Waals surface area (Å²) in [5, 5.41) is 3.04. The van der Waals surface area contributed by atoms with Crippen molar-refractivity contribution in [3.05, 3.63) is 27.7 Å². The maximum absolute atomic E-state index is 12.2. The predicted molar refractivity (Wildman–Crippen MR) is 75.8 cm³/mol. The van der Waals surface area contributed by atoms with E-state index in [0.717, 1.165) is 27.7 Å². The van der Waals surface area contributed by atoms with Crippen LogP contribution < -0.4 is 5.32 Å². The van der Waals surface area contributed by atoms with Crippen LogP contribution in [0.5, 0.6) is 0 Å². The lowest BCUT2D eigenvalue weighted by atomic mass is 10.0. The Labute approximate surface area is 116 Å². The van der Waals surface area contributed by atoms with Crippen molar-refractivity contribution in [1.82, 2.24) is 0 Å². The molecule has 0 aliphatic carbocycles. The van der Waals surface area contributed by atoms with Gasteiger partial charge in [-0.3, -0.25) is 4.79 Å². The van der Waals surface area contributed by atoms with Crippen LogP contribution in [0, 0.1) is 19.8 Å². The van der Waals surface area contributed by atoms with Crippen LogP contribution in [0.2, 0.25) is 0 Å². The summed E-state index contributed by atoms with van der Waals surface area (Å²) in [5.74, 6) is 0.0287. The molecule has 4 heteroatoms. The fraction of sp³-hybridized carbons (Fsp3) is 0.500. The Morgan fingerprint density at radius 2 is 2.00 bits per heavy atom. The summed E-state index contributed by atoms with van der Waals surface area (Å²) in [5.41, 5.74) is 3.06. The second-order valence-corrected chi connectivity index (χ2v) is 5.79. The average Bonchev–Trinajstić information content (AvgIpc) is 2.69. The van der Waals surface area contributed by atoms with Gasteiger partial charge in [0.05, 0.1) is 12.0 Å². The van der Waals surface area contributed by atoms with E-state index in [4.69, 9.17) is 4.74 Å². The fourth-order valence-corrected chi connectivity index (χ4v) is 3.09. The van der Waals surface area contributed by atoms with Gasteiger partial charge in [0.1, 0.15) is 0 Å². The molecule has 98 valence electrons. The van der Waals surface area contributed by atoms with Crippen molar-refractivity contribution in [3.8, 4) is 0 Å². The van der Waals surface area contributed by atoms with Gasteiger partial charge in [0, 0.05) is 16.8 Å². The number of nitrogens with one attached hydrogen (secondary N) is 1. The van der Waals surface area contributed by atoms with Crippen LogP contribution in [0.3, 0.4) is 0 Å². The molecule has 0 radical (unpaired) electrons. The third-order valence-corrected chi connectivity index (χ3v) is 3.92. The van der Waals surface area contributed by atoms with Gasteiger partial charge in [-0.05, 0) is 50.5 Å². The van der Waals surface area contributed by atoms with E-state index in [2.05, 4.69) is 21.2 Å². The van der Waals surface area contributed by atoms with Crippen molar-refractivity contribution in [1.29, 1.82) is 0 Å². The summed E-state index contributed by atoms with van der Waals surface area (Å²) in [4.78, 5) is 12.2. The summed E-state index contributed by atoms with van der Waals surface area (Å²) < 4.78 is 6.47. The molecule has 2 rings (SSSR count). The van der Waals surface area contributed by atoms with Gasteiger partial charge in [-0.1, -0.05) is 15.9 Å². The van der Waals surface area contributed by atoms with E-state index >= 15 is 0 Å². The summed E-state index contributed by atoms with van der Waals surface area (Å²) in [6, 6.07) is 4.02. The molecule has 0 bridgehead atoms. The number of ether oxygens (including phenoxy) is 1. The molecule has 1 aromatic carbocycles. The first-order valence-corrected chi connectivity index (χ1v) is 6.97. The van der Waals surface area contributed by atoms with Crippen LogP contribution in [-0.4, -0.2) is 18.6 Å². The smallest absolute Gasteiger partial charge is 0.230 e. The normalized spacial score (nSPS) is 23.1. The predicted octanol–water partition coefficient (Wildman–Crippen LogP) is 3.43. The highest BCUT2D eigenvalue weighted by atomic mass is 79.9. The number of rotatable bonds is 2. The zero-order valence-corrected chi connectivity index (χ0v) is 12.5. The first-order valence-electron chi connectivity index (χ1n) is 6.18. The molecule has 1 saturated heterocycles. The Morgan fingerprint density at radius 3 is 2.50 bits per heavy atom. The van der Waals surface area contributed by atoms with Crippen molar-refractivity contribution in [2.24, 2.45) is 5.92 Å². The Bertz CT molecular complexity index is 450. The average molecular weight is 312 g/mol. The Hall–Kier alpha value is -0.870. The summed E-state index contributed by atoms with van der Waals surface area (Å²) in [6.45, 7) is 6.64. The third-order valence-electron chi connectivity index (χ3n) is 3.46. The Morgan fingerprint density at radius 1 is 1.39 bits per heavy atom. The Kier molecular flexibility index (Phi) is 4.07. The summed E-state index contributed by atoms with van der Waals surface area (Å²) in [6.07, 6.45) is 0.822. The third kappa shape index (κ3) is 2.75. The molecule has 2 unspecified atom stereocenters. The highest BCUT2D eigenvalue weighted by molar-refractivity contribution is 9.10. The minimum atomic E-state index is -0.0348. The fourth-order valence-electron chi connectivity index (χ4n) is 2.40. The molecule has 0 saturated carbocycles. The molecule has 1 amide bonds. The number of hydrogen-bond acceptors (Lipinski definition) is 2. The van der Waals surface area contributed by atoms with Gasteiger partial charge >= 0.3 is 0 Å². The molecule has 1 N–H and O–H groups in total. The van der Waals surface area contributed by atoms with Crippen LogP contribution in [-0.2, 0) is 9.53 Å². The van der Waals surface area contributed by atoms with Crippen molar-refractivity contribution < 1.29 is 9.53 Å². The molecule has 0 spiro atoms. The number of aryl methyl sites for hydroxylation is 2. The first-order chi connectivity index (χ1) is 8.49. The number of amides is 1. The zero-order chi connectivity index (χ0) is 13.3. The molecule has 0 aromatic heterocycles. The lowest BCUT2D eigenvalue weighted by Gasteiger charge is -2.17. The molecule has 1 aliphatic heterocycles. The van der Waals surface area contributed by atoms with Crippen molar-refractivity contribution >= 4 is 27.5 Å². The molecule has 1 heterocycles. The van der Waals surface area contributed by atoms with Gasteiger partial charge in [-0.25, -0.2) is 0 Å². The molecular weight excluding hydrogens is 294 g/mol. The van der Waals surface area contributed by atoms with E-state index in [1.807, 2.05) is 32.9 Å². The van der Waals surface area contributed by atoms with Crippen LogP contribution in [0.25, 0.3) is 0 Å². The number of halogens is 1. The van der Waals surface area contributed by atoms with Gasteiger partial charge in [-0.15, -0.1) is 0 Å². The van der Waals surface area contributed by atoms with Crippen LogP contribution in [0.1, 0.15) is 24.5 Å². The monoisotopic (exact) mass is 311 g/mol. The van der Waals surface area contributed by atoms with E-state index in [1.165, 1.54) is 0 Å². The standard InChI is InChI=1S/C14H18BrNO2/c1-8-6-11(15)7-9(2)13(8)16-14(17)12-4-5-18-10(12)3/h6-7,10,12H,4-5H2,1-3H3,(H,16,17). The van der Waals surface area contributed by atoms with Gasteiger partial charge in [0.2, 0.25) is 5.91 Å². The molecule has 18 heavy (non-hydrogen) atoms. The van der Waals surface area contributed by atoms with E-state index < -0.39 is 0 Å². The van der Waals surface area contributed by atoms with Crippen LogP contribution >= 0.6 is 15.9 Å². The Balaban J connectivity index is 2.17. The summed E-state index contributed by atoms with van der Waals surface area (Å²) >= 11 is 3.46. The molecule has 1 aromatic rings. The molecule has 3 nitrogen and oxygen atoms in total. The maximum Gasteiger partial charge on any atom is 0.230 e. The van der Waals surface area contributed by atoms with Gasteiger partial charge < -0.3 is 10.1 Å². The lowest BCUT2D eigenvalue weighted by molar-refractivity contribution is -0.121.